The largest absolute Gasteiger partial charge is 0.341 e. The van der Waals surface area contributed by atoms with Crippen molar-refractivity contribution in [1.29, 1.82) is 0 Å². The summed E-state index contributed by atoms with van der Waals surface area (Å²) < 4.78 is 1.98. The van der Waals surface area contributed by atoms with Gasteiger partial charge < -0.3 is 9.47 Å². The number of likely N-dealkylation sites (tertiary alicyclic amines) is 1. The van der Waals surface area contributed by atoms with Crippen LogP contribution in [0, 0.1) is 5.92 Å². The number of carbonyl (C=O) groups is 2. The van der Waals surface area contributed by atoms with Gasteiger partial charge in [-0.05, 0) is 44.9 Å². The van der Waals surface area contributed by atoms with Crippen molar-refractivity contribution in [2.45, 2.75) is 32.7 Å². The lowest BCUT2D eigenvalue weighted by Gasteiger charge is -2.31. The average molecular weight is 341 g/mol. The zero-order valence-corrected chi connectivity index (χ0v) is 14.6. The lowest BCUT2D eigenvalue weighted by Crippen LogP contribution is -2.42. The topological polar surface area (TPSA) is 80.1 Å². The number of amides is 2. The summed E-state index contributed by atoms with van der Waals surface area (Å²) in [7, 11) is 0. The average Bonchev–Trinajstić information content (AvgIpc) is 3.12. The number of nitrogens with one attached hydrogen (secondary N) is 1. The second-order valence-corrected chi connectivity index (χ2v) is 6.52. The fraction of sp³-hybridized carbons (Fsp3) is 0.444. The number of piperidine rings is 1. The first-order valence-electron chi connectivity index (χ1n) is 8.60. The smallest absolute Gasteiger partial charge is 0.270 e. The Hall–Kier alpha value is -2.70. The Labute approximate surface area is 147 Å². The molecule has 132 valence electrons. The van der Waals surface area contributed by atoms with Crippen LogP contribution in [0.1, 0.15) is 43.2 Å². The number of nitrogens with zero attached hydrogens (tertiary/aromatic N) is 4. The van der Waals surface area contributed by atoms with Crippen molar-refractivity contribution in [3.05, 3.63) is 42.5 Å². The number of rotatable bonds is 4. The summed E-state index contributed by atoms with van der Waals surface area (Å²) in [4.78, 5) is 34.9. The fourth-order valence-corrected chi connectivity index (χ4v) is 3.11. The van der Waals surface area contributed by atoms with Crippen molar-refractivity contribution in [3.63, 3.8) is 0 Å². The second kappa shape index (κ2) is 7.46. The van der Waals surface area contributed by atoms with E-state index in [1.807, 2.05) is 27.8 Å². The van der Waals surface area contributed by atoms with Crippen LogP contribution in [-0.4, -0.2) is 44.3 Å². The molecule has 1 saturated heterocycles. The maximum Gasteiger partial charge on any atom is 0.270 e. The van der Waals surface area contributed by atoms with Crippen molar-refractivity contribution < 1.29 is 9.59 Å². The zero-order chi connectivity index (χ0) is 17.8. The molecule has 0 atom stereocenters. The molecule has 2 aromatic heterocycles. The monoisotopic (exact) mass is 341 g/mol. The molecule has 0 unspecified atom stereocenters. The first-order chi connectivity index (χ1) is 12.1. The highest BCUT2D eigenvalue weighted by Gasteiger charge is 2.29. The van der Waals surface area contributed by atoms with Crippen LogP contribution in [-0.2, 0) is 4.79 Å². The van der Waals surface area contributed by atoms with Gasteiger partial charge in [0, 0.05) is 43.6 Å². The highest BCUT2D eigenvalue weighted by Crippen LogP contribution is 2.21. The minimum atomic E-state index is -0.121. The lowest BCUT2D eigenvalue weighted by molar-refractivity contribution is -0.121. The molecule has 3 rings (SSSR count). The van der Waals surface area contributed by atoms with E-state index in [1.165, 1.54) is 0 Å². The van der Waals surface area contributed by atoms with E-state index in [-0.39, 0.29) is 23.8 Å². The van der Waals surface area contributed by atoms with Crippen molar-refractivity contribution in [3.8, 4) is 0 Å². The molecule has 0 bridgehead atoms. The van der Waals surface area contributed by atoms with E-state index in [0.29, 0.717) is 37.6 Å². The number of anilines is 1. The van der Waals surface area contributed by atoms with Gasteiger partial charge in [-0.3, -0.25) is 14.9 Å². The molecule has 0 aromatic carbocycles. The summed E-state index contributed by atoms with van der Waals surface area (Å²) in [6.45, 7) is 5.27. The van der Waals surface area contributed by atoms with Gasteiger partial charge in [0.05, 0.1) is 0 Å². The van der Waals surface area contributed by atoms with Gasteiger partial charge in [0.15, 0.2) is 0 Å². The number of aromatic nitrogens is 3. The zero-order valence-electron chi connectivity index (χ0n) is 14.6. The van der Waals surface area contributed by atoms with Gasteiger partial charge in [0.2, 0.25) is 11.9 Å². The van der Waals surface area contributed by atoms with E-state index in [1.54, 1.807) is 18.5 Å². The molecule has 0 aliphatic carbocycles. The predicted molar refractivity (Wildman–Crippen MR) is 94.1 cm³/mol. The number of carbonyl (C=O) groups excluding carboxylic acids is 2. The molecule has 2 aromatic rings. The summed E-state index contributed by atoms with van der Waals surface area (Å²) in [6, 6.07) is 5.69. The SMILES string of the molecule is CC(C)n1cccc1C(=O)N1CCC(C(=O)Nc2ncccn2)CC1. The van der Waals surface area contributed by atoms with E-state index in [4.69, 9.17) is 0 Å². The van der Waals surface area contributed by atoms with Crippen LogP contribution in [0.5, 0.6) is 0 Å². The molecule has 2 amide bonds. The Morgan fingerprint density at radius 1 is 1.16 bits per heavy atom. The van der Waals surface area contributed by atoms with Crippen LogP contribution < -0.4 is 5.32 Å². The molecular formula is C18H23N5O2. The van der Waals surface area contributed by atoms with Crippen molar-refractivity contribution in [2.75, 3.05) is 18.4 Å². The molecule has 3 heterocycles. The second-order valence-electron chi connectivity index (χ2n) is 6.52. The minimum absolute atomic E-state index is 0.0314. The Morgan fingerprint density at radius 3 is 2.48 bits per heavy atom. The minimum Gasteiger partial charge on any atom is -0.341 e. The third-order valence-corrected chi connectivity index (χ3v) is 4.51. The molecular weight excluding hydrogens is 318 g/mol. The van der Waals surface area contributed by atoms with Crippen LogP contribution in [0.2, 0.25) is 0 Å². The standard InChI is InChI=1S/C18H23N5O2/c1-13(2)23-10-3-5-15(23)17(25)22-11-6-14(7-12-22)16(24)21-18-19-8-4-9-20-18/h3-5,8-10,13-14H,6-7,11-12H2,1-2H3,(H,19,20,21,24). The molecule has 1 aliphatic heterocycles. The normalized spacial score (nSPS) is 15.4. The van der Waals surface area contributed by atoms with Crippen molar-refractivity contribution in [1.82, 2.24) is 19.4 Å². The quantitative estimate of drug-likeness (QED) is 0.926. The Kier molecular flexibility index (Phi) is 5.11. The van der Waals surface area contributed by atoms with Gasteiger partial charge >= 0.3 is 0 Å². The van der Waals surface area contributed by atoms with Gasteiger partial charge in [-0.2, -0.15) is 0 Å². The summed E-state index contributed by atoms with van der Waals surface area (Å²) in [6.07, 6.45) is 6.40. The van der Waals surface area contributed by atoms with E-state index >= 15 is 0 Å². The van der Waals surface area contributed by atoms with E-state index in [9.17, 15) is 9.59 Å². The molecule has 7 heteroatoms. The summed E-state index contributed by atoms with van der Waals surface area (Å²) >= 11 is 0. The highest BCUT2D eigenvalue weighted by atomic mass is 16.2. The van der Waals surface area contributed by atoms with Crippen LogP contribution in [0.15, 0.2) is 36.8 Å². The molecule has 0 radical (unpaired) electrons. The molecule has 1 fully saturated rings. The summed E-state index contributed by atoms with van der Waals surface area (Å²) in [5, 5.41) is 2.74. The van der Waals surface area contributed by atoms with E-state index in [0.717, 1.165) is 0 Å². The number of hydrogen-bond acceptors (Lipinski definition) is 4. The molecule has 0 saturated carbocycles. The predicted octanol–water partition coefficient (Wildman–Crippen LogP) is 2.35. The highest BCUT2D eigenvalue weighted by molar-refractivity contribution is 5.94. The van der Waals surface area contributed by atoms with Gasteiger partial charge in [-0.1, -0.05) is 0 Å². The van der Waals surface area contributed by atoms with Gasteiger partial charge in [0.25, 0.3) is 5.91 Å². The van der Waals surface area contributed by atoms with Crippen molar-refractivity contribution in [2.24, 2.45) is 5.92 Å². The molecule has 1 N–H and O–H groups in total. The van der Waals surface area contributed by atoms with Crippen LogP contribution in [0.25, 0.3) is 0 Å². The van der Waals surface area contributed by atoms with E-state index in [2.05, 4.69) is 29.1 Å². The molecule has 25 heavy (non-hydrogen) atoms. The van der Waals surface area contributed by atoms with Crippen LogP contribution >= 0.6 is 0 Å². The first-order valence-corrected chi connectivity index (χ1v) is 8.60. The van der Waals surface area contributed by atoms with Crippen LogP contribution in [0.3, 0.4) is 0 Å². The fourth-order valence-electron chi connectivity index (χ4n) is 3.11. The molecule has 1 aliphatic rings. The Balaban J connectivity index is 1.57. The Morgan fingerprint density at radius 2 is 1.84 bits per heavy atom. The maximum atomic E-state index is 12.7. The maximum absolute atomic E-state index is 12.7. The lowest BCUT2D eigenvalue weighted by atomic mass is 9.95. The van der Waals surface area contributed by atoms with Crippen molar-refractivity contribution >= 4 is 17.8 Å². The third kappa shape index (κ3) is 3.87. The van der Waals surface area contributed by atoms with Gasteiger partial charge in [-0.15, -0.1) is 0 Å². The van der Waals surface area contributed by atoms with E-state index < -0.39 is 0 Å². The summed E-state index contributed by atoms with van der Waals surface area (Å²) in [5.41, 5.74) is 0.704. The summed E-state index contributed by atoms with van der Waals surface area (Å²) in [5.74, 6) is 0.151. The van der Waals surface area contributed by atoms with Gasteiger partial charge in [0.1, 0.15) is 5.69 Å². The third-order valence-electron chi connectivity index (χ3n) is 4.51. The molecule has 0 spiro atoms. The Bertz CT molecular complexity index is 733. The molecule has 7 nitrogen and oxygen atoms in total. The number of hydrogen-bond donors (Lipinski definition) is 1. The first kappa shape index (κ1) is 17.1. The van der Waals surface area contributed by atoms with Crippen LogP contribution in [0.4, 0.5) is 5.95 Å². The van der Waals surface area contributed by atoms with Gasteiger partial charge in [-0.25, -0.2) is 9.97 Å².